The predicted molar refractivity (Wildman–Crippen MR) is 80.7 cm³/mol. The van der Waals surface area contributed by atoms with Gasteiger partial charge in [0.25, 0.3) is 0 Å². The fourth-order valence-corrected chi connectivity index (χ4v) is 1.69. The van der Waals surface area contributed by atoms with E-state index in [1.165, 1.54) is 14.0 Å². The van der Waals surface area contributed by atoms with Gasteiger partial charge in [-0.1, -0.05) is 0 Å². The lowest BCUT2D eigenvalue weighted by atomic mass is 10.1. The van der Waals surface area contributed by atoms with Gasteiger partial charge in [-0.15, -0.1) is 12.4 Å². The summed E-state index contributed by atoms with van der Waals surface area (Å²) in [6.07, 6.45) is 0. The second-order valence-corrected chi connectivity index (χ2v) is 3.99. The molecule has 0 fully saturated rings. The van der Waals surface area contributed by atoms with Crippen LogP contribution in [0.15, 0.2) is 38.5 Å². The van der Waals surface area contributed by atoms with Crippen molar-refractivity contribution >= 4 is 40.8 Å². The maximum absolute atomic E-state index is 11.8. The number of amides is 1. The fourth-order valence-electron chi connectivity index (χ4n) is 1.69. The molecule has 7 heteroatoms. The summed E-state index contributed by atoms with van der Waals surface area (Å²) in [5.74, 6) is -0.0673. The number of carbonyl (C=O) groups excluding carboxylic acids is 1. The van der Waals surface area contributed by atoms with Crippen molar-refractivity contribution in [2.75, 3.05) is 12.4 Å². The normalized spacial score (nSPS) is 11.0. The molecule has 0 aliphatic carbocycles. The summed E-state index contributed by atoms with van der Waals surface area (Å²) in [6.45, 7) is 1.40. The third-order valence-electron chi connectivity index (χ3n) is 2.57. The summed E-state index contributed by atoms with van der Waals surface area (Å²) in [5.41, 5.74) is 6.22. The Balaban J connectivity index is 0.00000200. The van der Waals surface area contributed by atoms with Gasteiger partial charge in [0.15, 0.2) is 0 Å². The molecule has 1 amide bonds. The summed E-state index contributed by atoms with van der Waals surface area (Å²) in [5, 5.41) is 3.32. The number of carbonyl (C=O) groups is 1. The molecule has 0 aliphatic rings. The Morgan fingerprint density at radius 1 is 1.35 bits per heavy atom. The van der Waals surface area contributed by atoms with Crippen LogP contribution < -0.4 is 16.7 Å². The highest BCUT2D eigenvalue weighted by molar-refractivity contribution is 6.00. The van der Waals surface area contributed by atoms with Crippen LogP contribution in [0.1, 0.15) is 12.5 Å². The quantitative estimate of drug-likeness (QED) is 0.498. The van der Waals surface area contributed by atoms with Crippen molar-refractivity contribution in [1.82, 2.24) is 0 Å². The Morgan fingerprint density at radius 3 is 2.65 bits per heavy atom. The Labute approximate surface area is 121 Å². The topological polar surface area (TPSA) is 97.7 Å². The van der Waals surface area contributed by atoms with Crippen molar-refractivity contribution in [2.45, 2.75) is 6.92 Å². The van der Waals surface area contributed by atoms with Gasteiger partial charge < -0.3 is 15.5 Å². The van der Waals surface area contributed by atoms with Crippen LogP contribution in [0.3, 0.4) is 0 Å². The molecule has 20 heavy (non-hydrogen) atoms. The van der Waals surface area contributed by atoms with E-state index in [-0.39, 0.29) is 29.7 Å². The molecular weight excluding hydrogens is 282 g/mol. The van der Waals surface area contributed by atoms with Crippen molar-refractivity contribution in [1.29, 1.82) is 0 Å². The SMILES string of the molecule is CN=C(N)c1cc2ccc(NC(C)=O)cc2oc1=O.Cl. The Hall–Kier alpha value is -2.34. The van der Waals surface area contributed by atoms with E-state index in [9.17, 15) is 9.59 Å². The minimum absolute atomic E-state index is 0. The molecule has 0 bridgehead atoms. The smallest absolute Gasteiger partial charge is 0.347 e. The van der Waals surface area contributed by atoms with Crippen LogP contribution in [-0.2, 0) is 4.79 Å². The molecule has 2 rings (SSSR count). The lowest BCUT2D eigenvalue weighted by Gasteiger charge is -2.04. The van der Waals surface area contributed by atoms with E-state index in [0.29, 0.717) is 16.7 Å². The zero-order chi connectivity index (χ0) is 14.0. The van der Waals surface area contributed by atoms with Gasteiger partial charge in [-0.3, -0.25) is 9.79 Å². The molecule has 0 unspecified atom stereocenters. The number of rotatable bonds is 2. The number of benzene rings is 1. The van der Waals surface area contributed by atoms with E-state index >= 15 is 0 Å². The Kier molecular flexibility index (Phi) is 4.88. The molecule has 0 saturated carbocycles. The van der Waals surface area contributed by atoms with Gasteiger partial charge >= 0.3 is 5.63 Å². The fraction of sp³-hybridized carbons (Fsp3) is 0.154. The number of aliphatic imine (C=N–C) groups is 1. The molecule has 3 N–H and O–H groups in total. The van der Waals surface area contributed by atoms with E-state index in [1.807, 2.05) is 0 Å². The number of nitrogens with two attached hydrogens (primary N) is 1. The van der Waals surface area contributed by atoms with Crippen LogP contribution in [0.2, 0.25) is 0 Å². The molecule has 0 aliphatic heterocycles. The molecule has 1 aromatic carbocycles. The van der Waals surface area contributed by atoms with Crippen molar-refractivity contribution in [3.8, 4) is 0 Å². The predicted octanol–water partition coefficient (Wildman–Crippen LogP) is 1.51. The molecular formula is C13H14ClN3O3. The van der Waals surface area contributed by atoms with Crippen LogP contribution >= 0.6 is 12.4 Å². The Bertz CT molecular complexity index is 737. The molecule has 0 atom stereocenters. The van der Waals surface area contributed by atoms with Crippen molar-refractivity contribution in [3.05, 3.63) is 40.2 Å². The average Bonchev–Trinajstić information content (AvgIpc) is 2.36. The lowest BCUT2D eigenvalue weighted by Crippen LogP contribution is -2.21. The van der Waals surface area contributed by atoms with E-state index < -0.39 is 5.63 Å². The van der Waals surface area contributed by atoms with Crippen molar-refractivity contribution in [3.63, 3.8) is 0 Å². The van der Waals surface area contributed by atoms with Crippen LogP contribution in [-0.4, -0.2) is 18.8 Å². The molecule has 1 heterocycles. The average molecular weight is 296 g/mol. The molecule has 0 spiro atoms. The molecule has 1 aromatic heterocycles. The summed E-state index contributed by atoms with van der Waals surface area (Å²) in [7, 11) is 1.50. The summed E-state index contributed by atoms with van der Waals surface area (Å²) in [4.78, 5) is 26.5. The van der Waals surface area contributed by atoms with Crippen LogP contribution in [0, 0.1) is 0 Å². The zero-order valence-corrected chi connectivity index (χ0v) is 11.8. The van der Waals surface area contributed by atoms with E-state index in [1.54, 1.807) is 24.3 Å². The third-order valence-corrected chi connectivity index (χ3v) is 2.57. The van der Waals surface area contributed by atoms with Gasteiger partial charge in [0.2, 0.25) is 5.91 Å². The second-order valence-electron chi connectivity index (χ2n) is 3.99. The molecule has 2 aromatic rings. The molecule has 0 saturated heterocycles. The van der Waals surface area contributed by atoms with Gasteiger partial charge in [0.1, 0.15) is 17.0 Å². The van der Waals surface area contributed by atoms with E-state index in [0.717, 1.165) is 0 Å². The van der Waals surface area contributed by atoms with Gasteiger partial charge in [-0.25, -0.2) is 4.79 Å². The van der Waals surface area contributed by atoms with Gasteiger partial charge in [0.05, 0.1) is 0 Å². The highest BCUT2D eigenvalue weighted by atomic mass is 35.5. The molecule has 106 valence electrons. The van der Waals surface area contributed by atoms with E-state index in [4.69, 9.17) is 10.2 Å². The zero-order valence-electron chi connectivity index (χ0n) is 11.0. The van der Waals surface area contributed by atoms with Crippen molar-refractivity contribution < 1.29 is 9.21 Å². The number of anilines is 1. The first kappa shape index (κ1) is 15.7. The molecule has 0 radical (unpaired) electrons. The number of halogens is 1. The summed E-state index contributed by atoms with van der Waals surface area (Å²) in [6, 6.07) is 6.64. The maximum Gasteiger partial charge on any atom is 0.347 e. The third kappa shape index (κ3) is 3.16. The van der Waals surface area contributed by atoms with Crippen LogP contribution in [0.25, 0.3) is 11.0 Å². The lowest BCUT2D eigenvalue weighted by molar-refractivity contribution is -0.114. The number of nitrogens with zero attached hydrogens (tertiary/aromatic N) is 1. The maximum atomic E-state index is 11.8. The summed E-state index contributed by atoms with van der Waals surface area (Å²) < 4.78 is 5.17. The van der Waals surface area contributed by atoms with Gasteiger partial charge in [0, 0.05) is 31.1 Å². The number of amidine groups is 1. The summed E-state index contributed by atoms with van der Waals surface area (Å²) >= 11 is 0. The highest BCUT2D eigenvalue weighted by Gasteiger charge is 2.09. The minimum atomic E-state index is -0.560. The standard InChI is InChI=1S/C13H13N3O3.ClH/c1-7(17)16-9-4-3-8-5-10(12(14)15-2)13(18)19-11(8)6-9;/h3-6H,1-2H3,(H2,14,15)(H,16,17);1H. The van der Waals surface area contributed by atoms with Crippen LogP contribution in [0.4, 0.5) is 5.69 Å². The number of hydrogen-bond acceptors (Lipinski definition) is 4. The first-order valence-corrected chi connectivity index (χ1v) is 5.59. The minimum Gasteiger partial charge on any atom is -0.422 e. The first-order valence-electron chi connectivity index (χ1n) is 5.59. The first-order chi connectivity index (χ1) is 9.01. The van der Waals surface area contributed by atoms with Gasteiger partial charge in [-0.2, -0.15) is 0 Å². The number of fused-ring (bicyclic) bond motifs is 1. The Morgan fingerprint density at radius 2 is 2.05 bits per heavy atom. The molecule has 6 nitrogen and oxygen atoms in total. The van der Waals surface area contributed by atoms with Gasteiger partial charge in [-0.05, 0) is 18.2 Å². The second kappa shape index (κ2) is 6.21. The number of nitrogens with one attached hydrogen (secondary N) is 1. The van der Waals surface area contributed by atoms with E-state index in [2.05, 4.69) is 10.3 Å². The van der Waals surface area contributed by atoms with Crippen LogP contribution in [0.5, 0.6) is 0 Å². The monoisotopic (exact) mass is 295 g/mol. The largest absolute Gasteiger partial charge is 0.422 e. The number of hydrogen-bond donors (Lipinski definition) is 2. The highest BCUT2D eigenvalue weighted by Crippen LogP contribution is 2.18. The van der Waals surface area contributed by atoms with Crippen molar-refractivity contribution in [2.24, 2.45) is 10.7 Å².